The fraction of sp³-hybridized carbons (Fsp3) is 0. The van der Waals surface area contributed by atoms with Crippen LogP contribution in [0.25, 0.3) is 4.85 Å². The summed E-state index contributed by atoms with van der Waals surface area (Å²) in [5, 5.41) is 9.62. The van der Waals surface area contributed by atoms with Crippen molar-refractivity contribution in [3.05, 3.63) is 175 Å². The number of aromatic nitrogens is 1. The Morgan fingerprint density at radius 1 is 0.588 bits per heavy atom. The second kappa shape index (κ2) is 12.5. The first kappa shape index (κ1) is 30.1. The third-order valence-electron chi connectivity index (χ3n) is 8.86. The van der Waals surface area contributed by atoms with E-state index >= 15 is 0 Å². The van der Waals surface area contributed by atoms with E-state index in [1.807, 2.05) is 97.1 Å². The molecule has 240 valence electrons. The Balaban J connectivity index is 1.34. The number of rotatable bonds is 5. The van der Waals surface area contributed by atoms with E-state index in [0.717, 1.165) is 66.9 Å². The Hall–Kier alpha value is -7.00. The molecule has 8 heteroatoms. The summed E-state index contributed by atoms with van der Waals surface area (Å²) < 4.78 is 6.39. The van der Waals surface area contributed by atoms with Gasteiger partial charge in [-0.25, -0.2) is 9.83 Å². The molecule has 0 spiro atoms. The molecule has 0 bridgehead atoms. The number of fused-ring (bicyclic) bond motifs is 4. The number of hydrogen-bond acceptors (Lipinski definition) is 7. The van der Waals surface area contributed by atoms with Crippen LogP contribution in [-0.2, 0) is 0 Å². The average molecular weight is 675 g/mol. The molecular weight excluding hydrogens is 649 g/mol. The van der Waals surface area contributed by atoms with Crippen LogP contribution in [-0.4, -0.2) is 4.98 Å². The van der Waals surface area contributed by atoms with E-state index < -0.39 is 0 Å². The smallest absolute Gasteiger partial charge is 0.187 e. The lowest BCUT2D eigenvalue weighted by Gasteiger charge is -2.36. The van der Waals surface area contributed by atoms with Gasteiger partial charge < -0.3 is 9.64 Å². The van der Waals surface area contributed by atoms with Crippen molar-refractivity contribution in [3.8, 4) is 17.6 Å². The molecule has 0 N–H and O–H groups in total. The maximum Gasteiger partial charge on any atom is 0.187 e. The van der Waals surface area contributed by atoms with Gasteiger partial charge in [-0.1, -0.05) is 72.4 Å². The zero-order chi connectivity index (χ0) is 34.3. The summed E-state index contributed by atoms with van der Waals surface area (Å²) >= 11 is 1.75. The molecule has 7 aromatic rings. The molecule has 0 amide bonds. The van der Waals surface area contributed by atoms with Gasteiger partial charge in [0, 0.05) is 33.3 Å². The van der Waals surface area contributed by atoms with Gasteiger partial charge in [0.2, 0.25) is 0 Å². The number of ether oxygens (including phenoxy) is 1. The number of pyridine rings is 1. The van der Waals surface area contributed by atoms with Crippen molar-refractivity contribution >= 4 is 68.9 Å². The normalized spacial score (nSPS) is 12.3. The Morgan fingerprint density at radius 3 is 1.59 bits per heavy atom. The van der Waals surface area contributed by atoms with E-state index in [4.69, 9.17) is 16.3 Å². The van der Waals surface area contributed by atoms with Crippen LogP contribution >= 0.6 is 11.8 Å². The van der Waals surface area contributed by atoms with Crippen molar-refractivity contribution < 1.29 is 4.74 Å². The summed E-state index contributed by atoms with van der Waals surface area (Å²) in [6.45, 7) is 7.57. The molecule has 2 aliphatic heterocycles. The zero-order valence-electron chi connectivity index (χ0n) is 27.0. The summed E-state index contributed by atoms with van der Waals surface area (Å²) in [6.07, 6.45) is 0. The predicted molar refractivity (Wildman–Crippen MR) is 203 cm³/mol. The molecule has 0 radical (unpaired) electrons. The second-order valence-electron chi connectivity index (χ2n) is 11.9. The molecule has 51 heavy (non-hydrogen) atoms. The molecule has 1 aromatic heterocycles. The van der Waals surface area contributed by atoms with Crippen LogP contribution in [0.5, 0.6) is 11.5 Å². The highest BCUT2D eigenvalue weighted by atomic mass is 32.2. The predicted octanol–water partition coefficient (Wildman–Crippen LogP) is 12.5. The number of para-hydroxylation sites is 6. The number of hydrogen-bond donors (Lipinski definition) is 0. The third kappa shape index (κ3) is 5.28. The van der Waals surface area contributed by atoms with E-state index in [0.29, 0.717) is 17.1 Å². The van der Waals surface area contributed by atoms with Crippen molar-refractivity contribution in [2.45, 2.75) is 9.79 Å². The lowest BCUT2D eigenvalue weighted by molar-refractivity contribution is 0.476. The molecule has 0 saturated carbocycles. The summed E-state index contributed by atoms with van der Waals surface area (Å²) in [5.41, 5.74) is 7.47. The Morgan fingerprint density at radius 2 is 1.06 bits per heavy atom. The van der Waals surface area contributed by atoms with E-state index in [2.05, 4.69) is 86.3 Å². The minimum absolute atomic E-state index is 0.551. The SMILES string of the molecule is [C-]#[N+]c1ccc(N(c2ccc(C#N)cc2)c2cc(N3c4ccccc4Oc4ccccc43)nc(N3c4ccccc4Sc4ccccc43)c2)cc1. The van der Waals surface area contributed by atoms with Crippen LogP contribution in [0, 0.1) is 17.9 Å². The third-order valence-corrected chi connectivity index (χ3v) is 9.99. The quantitative estimate of drug-likeness (QED) is 0.168. The summed E-state index contributed by atoms with van der Waals surface area (Å²) in [4.78, 5) is 17.9. The minimum Gasteiger partial charge on any atom is -0.453 e. The number of benzene rings is 6. The molecule has 0 unspecified atom stereocenters. The van der Waals surface area contributed by atoms with Crippen molar-refractivity contribution in [1.29, 1.82) is 5.26 Å². The average Bonchev–Trinajstić information content (AvgIpc) is 3.19. The van der Waals surface area contributed by atoms with E-state index in [1.165, 1.54) is 0 Å². The van der Waals surface area contributed by atoms with Gasteiger partial charge in [-0.05, 0) is 84.9 Å². The first-order chi connectivity index (χ1) is 25.2. The van der Waals surface area contributed by atoms with E-state index in [-0.39, 0.29) is 0 Å². The molecule has 6 aromatic carbocycles. The monoisotopic (exact) mass is 674 g/mol. The highest BCUT2D eigenvalue weighted by Crippen LogP contribution is 2.54. The van der Waals surface area contributed by atoms with Crippen molar-refractivity contribution in [2.24, 2.45) is 0 Å². The van der Waals surface area contributed by atoms with Gasteiger partial charge in [-0.3, -0.25) is 9.80 Å². The van der Waals surface area contributed by atoms with Crippen LogP contribution in [0.3, 0.4) is 0 Å². The Kier molecular flexibility index (Phi) is 7.36. The fourth-order valence-corrected chi connectivity index (χ4v) is 7.62. The molecule has 0 saturated heterocycles. The fourth-order valence-electron chi connectivity index (χ4n) is 6.56. The summed E-state index contributed by atoms with van der Waals surface area (Å²) in [6, 6.07) is 54.3. The number of nitrogens with zero attached hydrogens (tertiary/aromatic N) is 6. The van der Waals surface area contributed by atoms with Gasteiger partial charge in [0.25, 0.3) is 0 Å². The van der Waals surface area contributed by atoms with Gasteiger partial charge in [-0.2, -0.15) is 5.26 Å². The highest BCUT2D eigenvalue weighted by Gasteiger charge is 2.31. The molecule has 9 rings (SSSR count). The largest absolute Gasteiger partial charge is 0.453 e. The van der Waals surface area contributed by atoms with Gasteiger partial charge in [0.05, 0.1) is 46.6 Å². The van der Waals surface area contributed by atoms with Gasteiger partial charge in [0.15, 0.2) is 17.2 Å². The molecule has 2 aliphatic rings. The summed E-state index contributed by atoms with van der Waals surface area (Å²) in [5.74, 6) is 2.87. The van der Waals surface area contributed by atoms with E-state index in [9.17, 15) is 5.26 Å². The summed E-state index contributed by atoms with van der Waals surface area (Å²) in [7, 11) is 0. The van der Waals surface area contributed by atoms with Crippen LogP contribution in [0.2, 0.25) is 0 Å². The van der Waals surface area contributed by atoms with Crippen LogP contribution in [0.15, 0.2) is 168 Å². The molecule has 7 nitrogen and oxygen atoms in total. The van der Waals surface area contributed by atoms with Crippen molar-refractivity contribution in [1.82, 2.24) is 4.98 Å². The zero-order valence-corrected chi connectivity index (χ0v) is 27.8. The lowest BCUT2D eigenvalue weighted by Crippen LogP contribution is -2.21. The standard InChI is InChI=1S/C43H26N6OS/c1-45-30-20-24-32(25-21-30)47(31-22-18-29(28-44)19-23-31)33-26-42(48-34-10-2-6-14-38(34)50-39-15-7-3-11-35(39)48)46-43(27-33)49-36-12-4-8-16-40(36)51-41-17-9-5-13-37(41)49/h2-27H. The Labute approximate surface area is 299 Å². The highest BCUT2D eigenvalue weighted by molar-refractivity contribution is 7.99. The molecule has 0 fully saturated rings. The first-order valence-corrected chi connectivity index (χ1v) is 17.1. The van der Waals surface area contributed by atoms with Gasteiger partial charge in [0.1, 0.15) is 11.6 Å². The van der Waals surface area contributed by atoms with Crippen LogP contribution in [0.4, 0.5) is 57.1 Å². The van der Waals surface area contributed by atoms with Gasteiger partial charge in [-0.15, -0.1) is 0 Å². The number of anilines is 9. The number of nitriles is 1. The van der Waals surface area contributed by atoms with Crippen molar-refractivity contribution in [3.63, 3.8) is 0 Å². The Bertz CT molecular complexity index is 2270. The van der Waals surface area contributed by atoms with Crippen LogP contribution < -0.4 is 19.4 Å². The molecule has 3 heterocycles. The van der Waals surface area contributed by atoms with Crippen LogP contribution in [0.1, 0.15) is 5.56 Å². The maximum atomic E-state index is 9.62. The van der Waals surface area contributed by atoms with Crippen molar-refractivity contribution in [2.75, 3.05) is 14.7 Å². The van der Waals surface area contributed by atoms with E-state index in [1.54, 1.807) is 11.8 Å². The second-order valence-corrected chi connectivity index (χ2v) is 13.0. The first-order valence-electron chi connectivity index (χ1n) is 16.3. The lowest BCUT2D eigenvalue weighted by atomic mass is 10.1. The maximum absolute atomic E-state index is 9.62. The topological polar surface area (TPSA) is 60.0 Å². The van der Waals surface area contributed by atoms with Gasteiger partial charge >= 0.3 is 0 Å². The minimum atomic E-state index is 0.551. The molecule has 0 aliphatic carbocycles. The molecular formula is C43H26N6OS. The molecule has 0 atom stereocenters.